The van der Waals surface area contributed by atoms with Gasteiger partial charge in [0.15, 0.2) is 5.78 Å². The fourth-order valence-corrected chi connectivity index (χ4v) is 2.08. The fraction of sp³-hybridized carbons (Fsp3) is 0.250. The lowest BCUT2D eigenvalue weighted by atomic mass is 10.0. The Labute approximate surface area is 121 Å². The number of hydrogen-bond acceptors (Lipinski definition) is 3. The number of Topliss-reactive ketones (excluding diaryl/α,β-unsaturated/α-hetero) is 1. The summed E-state index contributed by atoms with van der Waals surface area (Å²) in [4.78, 5) is 26.7. The SMILES string of the molecule is CCOC(=O)c1[nH]cc(C(=O)Cc2ccc(F)cc2)c1C. The topological polar surface area (TPSA) is 59.2 Å². The van der Waals surface area contributed by atoms with Crippen molar-refractivity contribution < 1.29 is 18.7 Å². The average Bonchev–Trinajstić information content (AvgIpc) is 2.83. The van der Waals surface area contributed by atoms with E-state index in [1.165, 1.54) is 18.3 Å². The molecule has 1 N–H and O–H groups in total. The van der Waals surface area contributed by atoms with E-state index < -0.39 is 5.97 Å². The summed E-state index contributed by atoms with van der Waals surface area (Å²) in [5.74, 6) is -0.949. The number of ether oxygens (including phenoxy) is 1. The molecule has 0 aliphatic carbocycles. The van der Waals surface area contributed by atoms with Crippen LogP contribution in [0.4, 0.5) is 4.39 Å². The summed E-state index contributed by atoms with van der Waals surface area (Å²) in [7, 11) is 0. The summed E-state index contributed by atoms with van der Waals surface area (Å²) >= 11 is 0. The fourth-order valence-electron chi connectivity index (χ4n) is 2.08. The summed E-state index contributed by atoms with van der Waals surface area (Å²) in [6.45, 7) is 3.69. The Morgan fingerprint density at radius 1 is 1.24 bits per heavy atom. The van der Waals surface area contributed by atoms with Gasteiger partial charge in [-0.15, -0.1) is 0 Å². The monoisotopic (exact) mass is 289 g/mol. The lowest BCUT2D eigenvalue weighted by Crippen LogP contribution is -2.08. The maximum atomic E-state index is 12.8. The Morgan fingerprint density at radius 3 is 2.52 bits per heavy atom. The molecule has 0 spiro atoms. The zero-order valence-corrected chi connectivity index (χ0v) is 11.9. The van der Waals surface area contributed by atoms with Gasteiger partial charge < -0.3 is 9.72 Å². The van der Waals surface area contributed by atoms with Gasteiger partial charge in [-0.3, -0.25) is 4.79 Å². The number of hydrogen-bond donors (Lipinski definition) is 1. The number of H-pyrrole nitrogens is 1. The van der Waals surface area contributed by atoms with Gasteiger partial charge in [0.2, 0.25) is 0 Å². The van der Waals surface area contributed by atoms with Gasteiger partial charge in [0.05, 0.1) is 6.61 Å². The Balaban J connectivity index is 2.16. The molecule has 4 nitrogen and oxygen atoms in total. The molecule has 0 amide bonds. The molecule has 0 atom stereocenters. The number of aromatic nitrogens is 1. The predicted molar refractivity (Wildman–Crippen MR) is 75.9 cm³/mol. The maximum Gasteiger partial charge on any atom is 0.355 e. The molecule has 0 unspecified atom stereocenters. The van der Waals surface area contributed by atoms with Crippen LogP contribution in [0.1, 0.15) is 38.9 Å². The van der Waals surface area contributed by atoms with Crippen LogP contribution in [-0.4, -0.2) is 23.3 Å². The molecule has 0 saturated heterocycles. The normalized spacial score (nSPS) is 10.4. The highest BCUT2D eigenvalue weighted by molar-refractivity contribution is 6.02. The van der Waals surface area contributed by atoms with Crippen LogP contribution in [0.3, 0.4) is 0 Å². The van der Waals surface area contributed by atoms with E-state index in [-0.39, 0.29) is 24.6 Å². The number of aromatic amines is 1. The van der Waals surface area contributed by atoms with Gasteiger partial charge in [0.25, 0.3) is 0 Å². The summed E-state index contributed by atoms with van der Waals surface area (Å²) in [5.41, 5.74) is 2.03. The van der Waals surface area contributed by atoms with Crippen molar-refractivity contribution in [1.82, 2.24) is 4.98 Å². The first-order chi connectivity index (χ1) is 10.0. The molecule has 2 aromatic rings. The van der Waals surface area contributed by atoms with Crippen molar-refractivity contribution in [3.8, 4) is 0 Å². The molecule has 21 heavy (non-hydrogen) atoms. The second-order valence-electron chi connectivity index (χ2n) is 4.65. The number of ketones is 1. The molecule has 5 heteroatoms. The van der Waals surface area contributed by atoms with E-state index in [2.05, 4.69) is 4.98 Å². The standard InChI is InChI=1S/C16H16FNO3/c1-3-21-16(20)15-10(2)13(9-18-15)14(19)8-11-4-6-12(17)7-5-11/h4-7,9,18H,3,8H2,1-2H3. The summed E-state index contributed by atoms with van der Waals surface area (Å²) < 4.78 is 17.7. The first-order valence-electron chi connectivity index (χ1n) is 6.65. The lowest BCUT2D eigenvalue weighted by Gasteiger charge is -2.03. The number of halogens is 1. The van der Waals surface area contributed by atoms with E-state index in [0.717, 1.165) is 5.56 Å². The van der Waals surface area contributed by atoms with Crippen molar-refractivity contribution >= 4 is 11.8 Å². The minimum absolute atomic E-state index is 0.133. The van der Waals surface area contributed by atoms with Gasteiger partial charge in [-0.25, -0.2) is 9.18 Å². The number of benzene rings is 1. The third-order valence-corrected chi connectivity index (χ3v) is 3.20. The lowest BCUT2D eigenvalue weighted by molar-refractivity contribution is 0.0519. The molecular formula is C16H16FNO3. The third-order valence-electron chi connectivity index (χ3n) is 3.20. The summed E-state index contributed by atoms with van der Waals surface area (Å²) in [6.07, 6.45) is 1.66. The van der Waals surface area contributed by atoms with Crippen LogP contribution in [0.25, 0.3) is 0 Å². The summed E-state index contributed by atoms with van der Waals surface area (Å²) in [5, 5.41) is 0. The van der Waals surface area contributed by atoms with Crippen molar-refractivity contribution in [2.75, 3.05) is 6.61 Å². The van der Waals surface area contributed by atoms with Crippen molar-refractivity contribution in [3.05, 3.63) is 58.7 Å². The predicted octanol–water partition coefficient (Wildman–Crippen LogP) is 3.06. The van der Waals surface area contributed by atoms with Crippen molar-refractivity contribution in [3.63, 3.8) is 0 Å². The number of esters is 1. The highest BCUT2D eigenvalue weighted by Gasteiger charge is 2.19. The van der Waals surface area contributed by atoms with E-state index in [1.54, 1.807) is 26.0 Å². The highest BCUT2D eigenvalue weighted by atomic mass is 19.1. The van der Waals surface area contributed by atoms with E-state index in [4.69, 9.17) is 4.74 Å². The van der Waals surface area contributed by atoms with Gasteiger partial charge in [0, 0.05) is 18.2 Å². The number of carbonyl (C=O) groups excluding carboxylic acids is 2. The largest absolute Gasteiger partial charge is 0.461 e. The van der Waals surface area contributed by atoms with Gasteiger partial charge in [0.1, 0.15) is 11.5 Å². The van der Waals surface area contributed by atoms with Crippen LogP contribution in [0.5, 0.6) is 0 Å². The first-order valence-corrected chi connectivity index (χ1v) is 6.65. The average molecular weight is 289 g/mol. The van der Waals surface area contributed by atoms with E-state index in [1.807, 2.05) is 0 Å². The number of carbonyl (C=O) groups is 2. The van der Waals surface area contributed by atoms with Crippen LogP contribution in [0.15, 0.2) is 30.5 Å². The maximum absolute atomic E-state index is 12.8. The number of rotatable bonds is 5. The van der Waals surface area contributed by atoms with E-state index in [9.17, 15) is 14.0 Å². The van der Waals surface area contributed by atoms with Crippen molar-refractivity contribution in [1.29, 1.82) is 0 Å². The minimum atomic E-state index is -0.476. The third kappa shape index (κ3) is 3.37. The minimum Gasteiger partial charge on any atom is -0.461 e. The van der Waals surface area contributed by atoms with Gasteiger partial charge >= 0.3 is 5.97 Å². The van der Waals surface area contributed by atoms with Crippen molar-refractivity contribution in [2.24, 2.45) is 0 Å². The van der Waals surface area contributed by atoms with Crippen LogP contribution >= 0.6 is 0 Å². The van der Waals surface area contributed by atoms with Gasteiger partial charge in [-0.05, 0) is 37.1 Å². The van der Waals surface area contributed by atoms with Crippen LogP contribution in [0, 0.1) is 12.7 Å². The van der Waals surface area contributed by atoms with Crippen LogP contribution < -0.4 is 0 Å². The molecule has 0 aliphatic heterocycles. The smallest absolute Gasteiger partial charge is 0.355 e. The molecule has 0 saturated carbocycles. The Hall–Kier alpha value is -2.43. The zero-order chi connectivity index (χ0) is 15.4. The second-order valence-corrected chi connectivity index (χ2v) is 4.65. The molecule has 2 rings (SSSR count). The van der Waals surface area contributed by atoms with Crippen LogP contribution in [-0.2, 0) is 11.2 Å². The van der Waals surface area contributed by atoms with Crippen LogP contribution in [0.2, 0.25) is 0 Å². The zero-order valence-electron chi connectivity index (χ0n) is 11.9. The first kappa shape index (κ1) is 15.0. The van der Waals surface area contributed by atoms with Gasteiger partial charge in [-0.1, -0.05) is 12.1 Å². The molecule has 0 aliphatic rings. The van der Waals surface area contributed by atoms with E-state index in [0.29, 0.717) is 16.8 Å². The molecule has 1 heterocycles. The molecule has 0 bridgehead atoms. The quantitative estimate of drug-likeness (QED) is 0.679. The molecule has 1 aromatic carbocycles. The second kappa shape index (κ2) is 6.35. The van der Waals surface area contributed by atoms with Crippen molar-refractivity contribution in [2.45, 2.75) is 20.3 Å². The molecule has 0 fully saturated rings. The Morgan fingerprint density at radius 2 is 1.90 bits per heavy atom. The Bertz CT molecular complexity index is 659. The Kier molecular flexibility index (Phi) is 4.52. The molecule has 110 valence electrons. The summed E-state index contributed by atoms with van der Waals surface area (Å²) in [6, 6.07) is 5.77. The van der Waals surface area contributed by atoms with Gasteiger partial charge in [-0.2, -0.15) is 0 Å². The number of nitrogens with one attached hydrogen (secondary N) is 1. The highest BCUT2D eigenvalue weighted by Crippen LogP contribution is 2.17. The molecule has 0 radical (unpaired) electrons. The molecule has 1 aromatic heterocycles. The molecular weight excluding hydrogens is 273 g/mol. The van der Waals surface area contributed by atoms with E-state index >= 15 is 0 Å².